The first kappa shape index (κ1) is 22.6. The van der Waals surface area contributed by atoms with Gasteiger partial charge in [-0.2, -0.15) is 4.98 Å². The summed E-state index contributed by atoms with van der Waals surface area (Å²) in [4.78, 5) is 19.3. The first-order valence-electron chi connectivity index (χ1n) is 11.3. The van der Waals surface area contributed by atoms with Crippen molar-refractivity contribution in [3.8, 4) is 17.2 Å². The van der Waals surface area contributed by atoms with E-state index in [0.717, 1.165) is 16.7 Å². The van der Waals surface area contributed by atoms with Crippen molar-refractivity contribution in [3.05, 3.63) is 77.4 Å². The van der Waals surface area contributed by atoms with Gasteiger partial charge in [-0.1, -0.05) is 36.4 Å². The minimum Gasteiger partial charge on any atom is -0.497 e. The number of benzene rings is 3. The van der Waals surface area contributed by atoms with Crippen LogP contribution in [-0.4, -0.2) is 38.3 Å². The predicted molar refractivity (Wildman–Crippen MR) is 130 cm³/mol. The molecule has 4 aromatic rings. The molecule has 8 nitrogen and oxygen atoms in total. The first-order valence-corrected chi connectivity index (χ1v) is 11.3. The van der Waals surface area contributed by atoms with Gasteiger partial charge >= 0.3 is 5.97 Å². The van der Waals surface area contributed by atoms with Gasteiger partial charge < -0.3 is 28.3 Å². The van der Waals surface area contributed by atoms with Crippen molar-refractivity contribution in [1.29, 1.82) is 0 Å². The lowest BCUT2D eigenvalue weighted by Crippen LogP contribution is -2.46. The Morgan fingerprint density at radius 1 is 1.06 bits per heavy atom. The van der Waals surface area contributed by atoms with Crippen LogP contribution in [0.4, 0.5) is 6.01 Å². The lowest BCUT2D eigenvalue weighted by atomic mass is 9.92. The largest absolute Gasteiger partial charge is 0.497 e. The molecule has 0 fully saturated rings. The van der Waals surface area contributed by atoms with Crippen molar-refractivity contribution < 1.29 is 28.2 Å². The molecule has 0 N–H and O–H groups in total. The Bertz CT molecular complexity index is 1350. The van der Waals surface area contributed by atoms with Crippen LogP contribution in [0, 0.1) is 0 Å². The van der Waals surface area contributed by atoms with Crippen molar-refractivity contribution in [2.75, 3.05) is 26.2 Å². The Morgan fingerprint density at radius 2 is 1.89 bits per heavy atom. The summed E-state index contributed by atoms with van der Waals surface area (Å²) in [5, 5.41) is 0. The average molecular weight is 475 g/mol. The number of nitrogens with zero attached hydrogens (tertiary/aromatic N) is 2. The lowest BCUT2D eigenvalue weighted by Gasteiger charge is -2.35. The number of methoxy groups -OCH3 is 3. The molecule has 1 aliphatic rings. The molecule has 0 unspecified atom stereocenters. The van der Waals surface area contributed by atoms with Crippen LogP contribution in [0.3, 0.4) is 0 Å². The van der Waals surface area contributed by atoms with Gasteiger partial charge in [-0.3, -0.25) is 0 Å². The average Bonchev–Trinajstić information content (AvgIpc) is 3.34. The van der Waals surface area contributed by atoms with Crippen LogP contribution in [0.2, 0.25) is 0 Å². The summed E-state index contributed by atoms with van der Waals surface area (Å²) in [7, 11) is 4.58. The third kappa shape index (κ3) is 4.35. The zero-order chi connectivity index (χ0) is 24.4. The van der Waals surface area contributed by atoms with Crippen LogP contribution in [0.5, 0.6) is 17.2 Å². The fourth-order valence-electron chi connectivity index (χ4n) is 4.36. The molecule has 3 aromatic carbocycles. The van der Waals surface area contributed by atoms with E-state index in [1.54, 1.807) is 20.3 Å². The number of anilines is 1. The molecular weight excluding hydrogens is 448 g/mol. The van der Waals surface area contributed by atoms with Crippen molar-refractivity contribution >= 4 is 23.1 Å². The highest BCUT2D eigenvalue weighted by Crippen LogP contribution is 2.40. The summed E-state index contributed by atoms with van der Waals surface area (Å²) in [6.07, 6.45) is 0.353. The number of oxazole rings is 1. The van der Waals surface area contributed by atoms with Gasteiger partial charge in [0.2, 0.25) is 0 Å². The summed E-state index contributed by atoms with van der Waals surface area (Å²) in [6, 6.07) is 18.9. The van der Waals surface area contributed by atoms with E-state index >= 15 is 0 Å². The van der Waals surface area contributed by atoms with E-state index in [1.807, 2.05) is 59.5 Å². The molecule has 0 spiro atoms. The molecule has 0 bridgehead atoms. The van der Waals surface area contributed by atoms with Gasteiger partial charge in [-0.25, -0.2) is 4.79 Å². The monoisotopic (exact) mass is 474 g/mol. The van der Waals surface area contributed by atoms with E-state index < -0.39 is 6.04 Å². The number of hydrogen-bond acceptors (Lipinski definition) is 8. The number of carbonyl (C=O) groups is 1. The van der Waals surface area contributed by atoms with E-state index in [4.69, 9.17) is 23.4 Å². The highest BCUT2D eigenvalue weighted by molar-refractivity contribution is 5.82. The maximum absolute atomic E-state index is 12.9. The van der Waals surface area contributed by atoms with Gasteiger partial charge in [0, 0.05) is 24.6 Å². The Balaban J connectivity index is 1.52. The number of esters is 1. The van der Waals surface area contributed by atoms with Gasteiger partial charge in [0.1, 0.15) is 23.9 Å². The van der Waals surface area contributed by atoms with Crippen LogP contribution >= 0.6 is 0 Å². The molecule has 0 radical (unpaired) electrons. The highest BCUT2D eigenvalue weighted by atomic mass is 16.5. The third-order valence-electron chi connectivity index (χ3n) is 6.18. The van der Waals surface area contributed by atoms with Gasteiger partial charge in [0.15, 0.2) is 17.1 Å². The van der Waals surface area contributed by atoms with Crippen LogP contribution in [0.15, 0.2) is 65.1 Å². The fraction of sp³-hybridized carbons (Fsp3) is 0.259. The van der Waals surface area contributed by atoms with Gasteiger partial charge in [0.25, 0.3) is 6.01 Å². The van der Waals surface area contributed by atoms with E-state index in [1.165, 1.54) is 7.11 Å². The van der Waals surface area contributed by atoms with Gasteiger partial charge in [-0.15, -0.1) is 0 Å². The van der Waals surface area contributed by atoms with Crippen LogP contribution < -0.4 is 19.1 Å². The van der Waals surface area contributed by atoms with Crippen LogP contribution in [-0.2, 0) is 29.1 Å². The standard InChI is InChI=1S/C27H26N2O6/c1-31-19-10-11-21-24(13-19)35-27(28-21)29-15-18-9-12-23(32-2)25(20(18)14-22(29)26(30)33-3)34-16-17-7-5-4-6-8-17/h4-13,22H,14-16H2,1-3H3/t22-/m0/s1. The summed E-state index contributed by atoms with van der Waals surface area (Å²) in [5.41, 5.74) is 4.20. The normalized spacial score (nSPS) is 14.9. The molecule has 180 valence electrons. The second-order valence-corrected chi connectivity index (χ2v) is 8.21. The number of ether oxygens (including phenoxy) is 4. The maximum atomic E-state index is 12.9. The molecule has 8 heteroatoms. The molecule has 0 saturated carbocycles. The van der Waals surface area contributed by atoms with Crippen LogP contribution in [0.25, 0.3) is 11.1 Å². The summed E-state index contributed by atoms with van der Waals surface area (Å²) < 4.78 is 28.3. The predicted octanol–water partition coefficient (Wildman–Crippen LogP) is 4.53. The minimum atomic E-state index is -0.645. The smallest absolute Gasteiger partial charge is 0.329 e. The van der Waals surface area contributed by atoms with Gasteiger partial charge in [0.05, 0.1) is 21.3 Å². The van der Waals surface area contributed by atoms with Crippen LogP contribution in [0.1, 0.15) is 16.7 Å². The van der Waals surface area contributed by atoms with E-state index in [-0.39, 0.29) is 5.97 Å². The molecule has 0 amide bonds. The molecule has 0 aliphatic carbocycles. The van der Waals surface area contributed by atoms with E-state index in [9.17, 15) is 4.79 Å². The van der Waals surface area contributed by atoms with Gasteiger partial charge in [-0.05, 0) is 29.3 Å². The first-order chi connectivity index (χ1) is 17.1. The molecule has 5 rings (SSSR count). The molecule has 35 heavy (non-hydrogen) atoms. The molecule has 1 aromatic heterocycles. The molecule has 0 saturated heterocycles. The number of hydrogen-bond donors (Lipinski definition) is 0. The molecule has 2 heterocycles. The van der Waals surface area contributed by atoms with Crippen molar-refractivity contribution in [1.82, 2.24) is 4.98 Å². The quantitative estimate of drug-likeness (QED) is 0.362. The summed E-state index contributed by atoms with van der Waals surface area (Å²) in [6.45, 7) is 0.776. The van der Waals surface area contributed by atoms with Crippen molar-refractivity contribution in [3.63, 3.8) is 0 Å². The number of rotatable bonds is 7. The van der Waals surface area contributed by atoms with Crippen molar-refractivity contribution in [2.24, 2.45) is 0 Å². The summed E-state index contributed by atoms with van der Waals surface area (Å²) >= 11 is 0. The molecular formula is C27H26N2O6. The SMILES string of the molecule is COC(=O)[C@@H]1Cc2c(ccc(OC)c2OCc2ccccc2)CN1c1nc2ccc(OC)cc2o1. The Kier molecular flexibility index (Phi) is 6.18. The molecule has 1 aliphatic heterocycles. The lowest BCUT2D eigenvalue weighted by molar-refractivity contribution is -0.142. The highest BCUT2D eigenvalue weighted by Gasteiger charge is 2.37. The second-order valence-electron chi connectivity index (χ2n) is 8.21. The third-order valence-corrected chi connectivity index (χ3v) is 6.18. The molecule has 1 atom stereocenters. The summed E-state index contributed by atoms with van der Waals surface area (Å²) in [5.74, 6) is 1.53. The minimum absolute atomic E-state index is 0.344. The Hall–Kier alpha value is -4.20. The van der Waals surface area contributed by atoms with Crippen molar-refractivity contribution in [2.45, 2.75) is 25.6 Å². The number of carbonyl (C=O) groups excluding carboxylic acids is 1. The number of aromatic nitrogens is 1. The fourth-order valence-corrected chi connectivity index (χ4v) is 4.36. The second kappa shape index (κ2) is 9.58. The zero-order valence-electron chi connectivity index (χ0n) is 19.8. The Morgan fingerprint density at radius 3 is 2.63 bits per heavy atom. The van der Waals surface area contributed by atoms with E-state index in [2.05, 4.69) is 4.98 Å². The Labute approximate surface area is 203 Å². The topological polar surface area (TPSA) is 83.3 Å². The van der Waals surface area contributed by atoms with E-state index in [0.29, 0.717) is 53.9 Å². The maximum Gasteiger partial charge on any atom is 0.329 e. The number of fused-ring (bicyclic) bond motifs is 2. The zero-order valence-corrected chi connectivity index (χ0v) is 19.8.